The molecule has 6 nitrogen and oxygen atoms in total. The minimum absolute atomic E-state index is 0.0380. The van der Waals surface area contributed by atoms with E-state index in [2.05, 4.69) is 15.2 Å². The van der Waals surface area contributed by atoms with E-state index < -0.39 is 11.6 Å². The summed E-state index contributed by atoms with van der Waals surface area (Å²) >= 11 is 5.84. The van der Waals surface area contributed by atoms with Crippen LogP contribution in [0, 0.1) is 0 Å². The molecule has 2 heterocycles. The van der Waals surface area contributed by atoms with Crippen molar-refractivity contribution in [3.63, 3.8) is 0 Å². The van der Waals surface area contributed by atoms with Crippen LogP contribution in [-0.4, -0.2) is 26.7 Å². The molecule has 3 aromatic rings. The van der Waals surface area contributed by atoms with Gasteiger partial charge in [0.2, 0.25) is 5.78 Å². The Balaban J connectivity index is 1.64. The van der Waals surface area contributed by atoms with E-state index in [0.29, 0.717) is 22.8 Å². The molecule has 0 bridgehead atoms. The van der Waals surface area contributed by atoms with Gasteiger partial charge < -0.3 is 4.42 Å². The van der Waals surface area contributed by atoms with Gasteiger partial charge in [0, 0.05) is 17.9 Å². The molecule has 2 aromatic heterocycles. The molecule has 0 radical (unpaired) electrons. The summed E-state index contributed by atoms with van der Waals surface area (Å²) < 4.78 is 5.44. The maximum atomic E-state index is 11.9. The zero-order chi connectivity index (χ0) is 16.2. The molecule has 0 fully saturated rings. The molecule has 1 N–H and O–H groups in total. The Morgan fingerprint density at radius 3 is 2.65 bits per heavy atom. The fourth-order valence-electron chi connectivity index (χ4n) is 2.13. The molecule has 0 aliphatic heterocycles. The molecule has 7 heteroatoms. The van der Waals surface area contributed by atoms with Gasteiger partial charge in [-0.25, -0.2) is 4.98 Å². The highest BCUT2D eigenvalue weighted by atomic mass is 35.5. The number of nitrogens with zero attached hydrogens (tertiary/aromatic N) is 2. The van der Waals surface area contributed by atoms with Crippen LogP contribution in [0.2, 0.25) is 5.02 Å². The summed E-state index contributed by atoms with van der Waals surface area (Å²) in [7, 11) is 0. The van der Waals surface area contributed by atoms with Crippen LogP contribution >= 0.6 is 11.6 Å². The largest absolute Gasteiger partial charge is 0.469 e. The summed E-state index contributed by atoms with van der Waals surface area (Å²) in [5.41, 5.74) is 1.69. The molecule has 0 unspecified atom stereocenters. The molecule has 0 saturated heterocycles. The van der Waals surface area contributed by atoms with E-state index in [0.717, 1.165) is 5.56 Å². The van der Waals surface area contributed by atoms with E-state index in [1.165, 1.54) is 12.6 Å². The molecule has 0 aliphatic rings. The number of aromatic nitrogens is 3. The zero-order valence-electron chi connectivity index (χ0n) is 12.0. The highest BCUT2D eigenvalue weighted by Crippen LogP contribution is 2.16. The number of nitrogens with one attached hydrogen (secondary N) is 1. The monoisotopic (exact) mass is 329 g/mol. The van der Waals surface area contributed by atoms with Gasteiger partial charge in [-0.2, -0.15) is 5.10 Å². The van der Waals surface area contributed by atoms with Crippen LogP contribution in [0.1, 0.15) is 27.5 Å². The standard InChI is InChI=1S/C16H12ClN3O3/c17-12-3-1-10(2-4-12)5-13-6-11(8-23-13)7-14(21)15(22)16-18-9-19-20-16/h1-4,6,8-9H,5,7H2,(H,18,19,20). The predicted molar refractivity (Wildman–Crippen MR) is 82.4 cm³/mol. The average Bonchev–Trinajstić information content (AvgIpc) is 3.21. The smallest absolute Gasteiger partial charge is 0.265 e. The molecule has 0 aliphatic carbocycles. The Bertz CT molecular complexity index is 823. The number of Topliss-reactive ketones (excluding diaryl/α,β-unsaturated/α-hetero) is 2. The quantitative estimate of drug-likeness (QED) is 0.554. The van der Waals surface area contributed by atoms with Gasteiger partial charge >= 0.3 is 0 Å². The van der Waals surface area contributed by atoms with Crippen molar-refractivity contribution < 1.29 is 14.0 Å². The van der Waals surface area contributed by atoms with Crippen molar-refractivity contribution >= 4 is 23.2 Å². The lowest BCUT2D eigenvalue weighted by Crippen LogP contribution is -2.17. The van der Waals surface area contributed by atoms with Gasteiger partial charge in [-0.05, 0) is 29.3 Å². The Labute approximate surface area is 136 Å². The summed E-state index contributed by atoms with van der Waals surface area (Å²) in [5.74, 6) is -0.606. The topological polar surface area (TPSA) is 88.8 Å². The van der Waals surface area contributed by atoms with Gasteiger partial charge in [-0.15, -0.1) is 0 Å². The van der Waals surface area contributed by atoms with Crippen molar-refractivity contribution in [2.75, 3.05) is 0 Å². The van der Waals surface area contributed by atoms with Crippen molar-refractivity contribution in [1.29, 1.82) is 0 Å². The first-order chi connectivity index (χ1) is 11.1. The van der Waals surface area contributed by atoms with Gasteiger partial charge in [0.05, 0.1) is 6.26 Å². The maximum absolute atomic E-state index is 11.9. The molecule has 0 saturated carbocycles. The highest BCUT2D eigenvalue weighted by Gasteiger charge is 2.20. The van der Waals surface area contributed by atoms with Gasteiger partial charge in [0.1, 0.15) is 12.1 Å². The van der Waals surface area contributed by atoms with Crippen molar-refractivity contribution in [3.05, 3.63) is 70.7 Å². The second-order valence-electron chi connectivity index (χ2n) is 4.99. The fourth-order valence-corrected chi connectivity index (χ4v) is 2.25. The first-order valence-electron chi connectivity index (χ1n) is 6.85. The van der Waals surface area contributed by atoms with Gasteiger partial charge in [0.15, 0.2) is 5.82 Å². The summed E-state index contributed by atoms with van der Waals surface area (Å²) in [4.78, 5) is 27.4. The van der Waals surface area contributed by atoms with Crippen LogP contribution in [0.4, 0.5) is 0 Å². The van der Waals surface area contributed by atoms with E-state index >= 15 is 0 Å². The SMILES string of the molecule is O=C(Cc1coc(Cc2ccc(Cl)cc2)c1)C(=O)c1ncn[nH]1. The van der Waals surface area contributed by atoms with Crippen LogP contribution in [0.15, 0.2) is 47.3 Å². The van der Waals surface area contributed by atoms with E-state index in [9.17, 15) is 9.59 Å². The number of carbonyl (C=O) groups excluding carboxylic acids is 2. The van der Waals surface area contributed by atoms with Crippen LogP contribution in [0.3, 0.4) is 0 Å². The number of furan rings is 1. The third-order valence-electron chi connectivity index (χ3n) is 3.25. The Morgan fingerprint density at radius 1 is 1.17 bits per heavy atom. The second kappa shape index (κ2) is 6.58. The first kappa shape index (κ1) is 15.2. The fraction of sp³-hybridized carbons (Fsp3) is 0.125. The average molecular weight is 330 g/mol. The predicted octanol–water partition coefficient (Wildman–Crippen LogP) is 2.64. The third kappa shape index (κ3) is 3.73. The molecule has 23 heavy (non-hydrogen) atoms. The van der Waals surface area contributed by atoms with Crippen LogP contribution < -0.4 is 0 Å². The van der Waals surface area contributed by atoms with Crippen LogP contribution in [-0.2, 0) is 17.6 Å². The molecular weight excluding hydrogens is 318 g/mol. The van der Waals surface area contributed by atoms with E-state index in [4.69, 9.17) is 16.0 Å². The maximum Gasteiger partial charge on any atom is 0.265 e. The molecule has 0 amide bonds. The Hall–Kier alpha value is -2.73. The number of rotatable bonds is 6. The van der Waals surface area contributed by atoms with Gasteiger partial charge in [-0.1, -0.05) is 23.7 Å². The second-order valence-corrected chi connectivity index (χ2v) is 5.42. The number of hydrogen-bond donors (Lipinski definition) is 1. The van der Waals surface area contributed by atoms with E-state index in [1.54, 1.807) is 18.2 Å². The number of carbonyl (C=O) groups is 2. The highest BCUT2D eigenvalue weighted by molar-refractivity contribution is 6.43. The number of benzene rings is 1. The molecule has 0 atom stereocenters. The number of aromatic amines is 1. The lowest BCUT2D eigenvalue weighted by Gasteiger charge is -1.97. The number of hydrogen-bond acceptors (Lipinski definition) is 5. The summed E-state index contributed by atoms with van der Waals surface area (Å²) in [6.45, 7) is 0. The summed E-state index contributed by atoms with van der Waals surface area (Å²) in [6.07, 6.45) is 3.21. The minimum Gasteiger partial charge on any atom is -0.469 e. The zero-order valence-corrected chi connectivity index (χ0v) is 12.7. The Kier molecular flexibility index (Phi) is 4.34. The molecule has 0 spiro atoms. The summed E-state index contributed by atoms with van der Waals surface area (Å²) in [5, 5.41) is 6.60. The van der Waals surface area contributed by atoms with Crippen molar-refractivity contribution in [1.82, 2.24) is 15.2 Å². The van der Waals surface area contributed by atoms with Crippen molar-refractivity contribution in [3.8, 4) is 0 Å². The molecular formula is C16H12ClN3O3. The molecule has 3 rings (SSSR count). The Morgan fingerprint density at radius 2 is 1.96 bits per heavy atom. The van der Waals surface area contributed by atoms with Crippen LogP contribution in [0.25, 0.3) is 0 Å². The molecule has 1 aromatic carbocycles. The lowest BCUT2D eigenvalue weighted by molar-refractivity contribution is -0.114. The van der Waals surface area contributed by atoms with Gasteiger partial charge in [-0.3, -0.25) is 14.7 Å². The number of H-pyrrole nitrogens is 1. The number of halogens is 1. The third-order valence-corrected chi connectivity index (χ3v) is 3.50. The lowest BCUT2D eigenvalue weighted by atomic mass is 10.1. The normalized spacial score (nSPS) is 10.7. The van der Waals surface area contributed by atoms with Gasteiger partial charge in [0.25, 0.3) is 5.78 Å². The van der Waals surface area contributed by atoms with Crippen molar-refractivity contribution in [2.45, 2.75) is 12.8 Å². The first-order valence-corrected chi connectivity index (χ1v) is 7.23. The van der Waals surface area contributed by atoms with Crippen molar-refractivity contribution in [2.24, 2.45) is 0 Å². The van der Waals surface area contributed by atoms with E-state index in [1.807, 2.05) is 12.1 Å². The number of ketones is 2. The van der Waals surface area contributed by atoms with Crippen LogP contribution in [0.5, 0.6) is 0 Å². The summed E-state index contributed by atoms with van der Waals surface area (Å²) in [6, 6.07) is 9.19. The molecule has 116 valence electrons. The van der Waals surface area contributed by atoms with E-state index in [-0.39, 0.29) is 12.2 Å². The minimum atomic E-state index is -0.692.